The van der Waals surface area contributed by atoms with E-state index in [9.17, 15) is 5.11 Å². The molecule has 3 rings (SSSR count). The van der Waals surface area contributed by atoms with Crippen molar-refractivity contribution in [2.75, 3.05) is 0 Å². The van der Waals surface area contributed by atoms with Crippen molar-refractivity contribution >= 4 is 10.8 Å². The quantitative estimate of drug-likeness (QED) is 0.709. The first-order valence-corrected chi connectivity index (χ1v) is 7.31. The largest absolute Gasteiger partial charge is 0.384 e. The fourth-order valence-electron chi connectivity index (χ4n) is 3.10. The minimum absolute atomic E-state index is 0.588. The summed E-state index contributed by atoms with van der Waals surface area (Å²) in [5.41, 5.74) is 5.47. The molecular formula is C20H20O. The summed E-state index contributed by atoms with van der Waals surface area (Å²) in [6, 6.07) is 18.7. The van der Waals surface area contributed by atoms with E-state index in [1.807, 2.05) is 12.1 Å². The molecule has 21 heavy (non-hydrogen) atoms. The second-order valence-electron chi connectivity index (χ2n) is 5.84. The van der Waals surface area contributed by atoms with Crippen LogP contribution < -0.4 is 0 Å². The van der Waals surface area contributed by atoms with Crippen LogP contribution in [0.1, 0.15) is 33.9 Å². The predicted molar refractivity (Wildman–Crippen MR) is 88.7 cm³/mol. The first kappa shape index (κ1) is 13.8. The second-order valence-corrected chi connectivity index (χ2v) is 5.84. The van der Waals surface area contributed by atoms with E-state index < -0.39 is 6.10 Å². The molecule has 0 heterocycles. The molecule has 0 aliphatic rings. The van der Waals surface area contributed by atoms with Gasteiger partial charge in [-0.25, -0.2) is 0 Å². The lowest BCUT2D eigenvalue weighted by molar-refractivity contribution is 0.221. The predicted octanol–water partition coefficient (Wildman–Crippen LogP) is 4.85. The molecule has 0 fully saturated rings. The third-order valence-electron chi connectivity index (χ3n) is 4.02. The number of benzene rings is 3. The third kappa shape index (κ3) is 2.57. The minimum atomic E-state index is -0.588. The van der Waals surface area contributed by atoms with Gasteiger partial charge in [0.2, 0.25) is 0 Å². The number of aryl methyl sites for hydroxylation is 3. The van der Waals surface area contributed by atoms with Crippen molar-refractivity contribution in [1.29, 1.82) is 0 Å². The van der Waals surface area contributed by atoms with E-state index in [4.69, 9.17) is 0 Å². The number of aliphatic hydroxyl groups excluding tert-OH is 1. The molecular weight excluding hydrogens is 256 g/mol. The summed E-state index contributed by atoms with van der Waals surface area (Å²) in [4.78, 5) is 0. The molecule has 0 aliphatic carbocycles. The summed E-state index contributed by atoms with van der Waals surface area (Å²) < 4.78 is 0. The third-order valence-corrected chi connectivity index (χ3v) is 4.02. The maximum absolute atomic E-state index is 10.9. The Balaban J connectivity index is 2.21. The summed E-state index contributed by atoms with van der Waals surface area (Å²) in [6.45, 7) is 6.20. The standard InChI is InChI=1S/C20H20O/c1-13-10-14(2)12-17(11-13)20(21)19-15(3)8-9-16-6-4-5-7-18(16)19/h4-12,20-21H,1-3H3. The van der Waals surface area contributed by atoms with Crippen LogP contribution in [0.5, 0.6) is 0 Å². The van der Waals surface area contributed by atoms with Gasteiger partial charge in [0.05, 0.1) is 0 Å². The number of fused-ring (bicyclic) bond motifs is 1. The van der Waals surface area contributed by atoms with Crippen LogP contribution in [0.15, 0.2) is 54.6 Å². The smallest absolute Gasteiger partial charge is 0.105 e. The zero-order valence-corrected chi connectivity index (χ0v) is 12.7. The molecule has 0 bridgehead atoms. The number of aliphatic hydroxyl groups is 1. The Labute approximate surface area is 125 Å². The molecule has 0 radical (unpaired) electrons. The molecule has 0 saturated carbocycles. The molecule has 1 heteroatoms. The molecule has 1 atom stereocenters. The Morgan fingerprint density at radius 1 is 0.810 bits per heavy atom. The topological polar surface area (TPSA) is 20.2 Å². The Kier molecular flexibility index (Phi) is 3.52. The van der Waals surface area contributed by atoms with Gasteiger partial charge in [0.25, 0.3) is 0 Å². The van der Waals surface area contributed by atoms with Gasteiger partial charge in [-0.05, 0) is 48.2 Å². The van der Waals surface area contributed by atoms with Crippen LogP contribution in [0.4, 0.5) is 0 Å². The molecule has 1 nitrogen and oxygen atoms in total. The maximum Gasteiger partial charge on any atom is 0.105 e. The van der Waals surface area contributed by atoms with E-state index in [1.54, 1.807) is 0 Å². The molecule has 0 spiro atoms. The van der Waals surface area contributed by atoms with Gasteiger partial charge in [0.1, 0.15) is 6.10 Å². The maximum atomic E-state index is 10.9. The highest BCUT2D eigenvalue weighted by molar-refractivity contribution is 5.87. The Morgan fingerprint density at radius 2 is 1.48 bits per heavy atom. The van der Waals surface area contributed by atoms with Crippen LogP contribution in [0.3, 0.4) is 0 Å². The van der Waals surface area contributed by atoms with Gasteiger partial charge in [-0.2, -0.15) is 0 Å². The summed E-state index contributed by atoms with van der Waals surface area (Å²) in [5.74, 6) is 0. The Bertz CT molecular complexity index is 782. The average Bonchev–Trinajstić information content (AvgIpc) is 2.45. The van der Waals surface area contributed by atoms with Crippen molar-refractivity contribution in [1.82, 2.24) is 0 Å². The first-order valence-electron chi connectivity index (χ1n) is 7.31. The van der Waals surface area contributed by atoms with E-state index in [-0.39, 0.29) is 0 Å². The summed E-state index contributed by atoms with van der Waals surface area (Å²) >= 11 is 0. The monoisotopic (exact) mass is 276 g/mol. The van der Waals surface area contributed by atoms with Crippen LogP contribution in [0.25, 0.3) is 10.8 Å². The average molecular weight is 276 g/mol. The van der Waals surface area contributed by atoms with Crippen molar-refractivity contribution in [3.05, 3.63) is 82.4 Å². The zero-order chi connectivity index (χ0) is 15.0. The summed E-state index contributed by atoms with van der Waals surface area (Å²) in [5, 5.41) is 13.2. The molecule has 3 aromatic carbocycles. The highest BCUT2D eigenvalue weighted by Gasteiger charge is 2.16. The van der Waals surface area contributed by atoms with Crippen molar-refractivity contribution in [2.45, 2.75) is 26.9 Å². The number of hydrogen-bond acceptors (Lipinski definition) is 1. The van der Waals surface area contributed by atoms with Crippen molar-refractivity contribution in [3.8, 4) is 0 Å². The van der Waals surface area contributed by atoms with Crippen LogP contribution in [0.2, 0.25) is 0 Å². The zero-order valence-electron chi connectivity index (χ0n) is 12.7. The lowest BCUT2D eigenvalue weighted by atomic mass is 9.91. The highest BCUT2D eigenvalue weighted by Crippen LogP contribution is 2.32. The highest BCUT2D eigenvalue weighted by atomic mass is 16.3. The molecule has 1 unspecified atom stereocenters. The summed E-state index contributed by atoms with van der Waals surface area (Å²) in [6.07, 6.45) is -0.588. The molecule has 0 aromatic heterocycles. The van der Waals surface area contributed by atoms with Gasteiger partial charge in [0, 0.05) is 0 Å². The van der Waals surface area contributed by atoms with E-state index >= 15 is 0 Å². The van der Waals surface area contributed by atoms with Gasteiger partial charge in [-0.1, -0.05) is 65.7 Å². The number of rotatable bonds is 2. The molecule has 0 amide bonds. The van der Waals surface area contributed by atoms with E-state index in [0.29, 0.717) is 0 Å². The van der Waals surface area contributed by atoms with Crippen LogP contribution in [-0.4, -0.2) is 5.11 Å². The Hall–Kier alpha value is -2.12. The molecule has 0 aliphatic heterocycles. The second kappa shape index (κ2) is 5.34. The van der Waals surface area contributed by atoms with E-state index in [1.165, 1.54) is 16.5 Å². The van der Waals surface area contributed by atoms with Gasteiger partial charge < -0.3 is 5.11 Å². The first-order chi connectivity index (χ1) is 10.1. The van der Waals surface area contributed by atoms with Crippen LogP contribution >= 0.6 is 0 Å². The fraction of sp³-hybridized carbons (Fsp3) is 0.200. The lowest BCUT2D eigenvalue weighted by Gasteiger charge is -2.18. The van der Waals surface area contributed by atoms with Crippen LogP contribution in [0, 0.1) is 20.8 Å². The fourth-order valence-corrected chi connectivity index (χ4v) is 3.10. The SMILES string of the molecule is Cc1cc(C)cc(C(O)c2c(C)ccc3ccccc23)c1. The van der Waals surface area contributed by atoms with Crippen LogP contribution in [-0.2, 0) is 0 Å². The molecule has 3 aromatic rings. The van der Waals surface area contributed by atoms with Gasteiger partial charge >= 0.3 is 0 Å². The molecule has 0 saturated heterocycles. The Morgan fingerprint density at radius 3 is 2.19 bits per heavy atom. The normalized spacial score (nSPS) is 12.6. The molecule has 1 N–H and O–H groups in total. The van der Waals surface area contributed by atoms with Gasteiger partial charge in [-0.3, -0.25) is 0 Å². The summed E-state index contributed by atoms with van der Waals surface area (Å²) in [7, 11) is 0. The minimum Gasteiger partial charge on any atom is -0.384 e. The van der Waals surface area contributed by atoms with Gasteiger partial charge in [-0.15, -0.1) is 0 Å². The van der Waals surface area contributed by atoms with Gasteiger partial charge in [0.15, 0.2) is 0 Å². The van der Waals surface area contributed by atoms with Crippen molar-refractivity contribution in [2.24, 2.45) is 0 Å². The van der Waals surface area contributed by atoms with E-state index in [2.05, 4.69) is 63.2 Å². The lowest BCUT2D eigenvalue weighted by Crippen LogP contribution is -2.04. The van der Waals surface area contributed by atoms with Crippen molar-refractivity contribution < 1.29 is 5.11 Å². The molecule has 106 valence electrons. The van der Waals surface area contributed by atoms with E-state index in [0.717, 1.165) is 22.1 Å². The number of hydrogen-bond donors (Lipinski definition) is 1. The van der Waals surface area contributed by atoms with Crippen molar-refractivity contribution in [3.63, 3.8) is 0 Å².